The summed E-state index contributed by atoms with van der Waals surface area (Å²) in [7, 11) is -3.43. The van der Waals surface area contributed by atoms with Crippen molar-refractivity contribution >= 4 is 10.1 Å². The van der Waals surface area contributed by atoms with E-state index in [1.165, 1.54) is 0 Å². The minimum Gasteiger partial charge on any atom is -0.491 e. The Labute approximate surface area is 129 Å². The number of benzene rings is 2. The normalized spacial score (nSPS) is 10.9. The number of ether oxygens (including phenoxy) is 1. The molecule has 114 valence electrons. The molecule has 2 rings (SSSR count). The van der Waals surface area contributed by atoms with Gasteiger partial charge < -0.3 is 4.74 Å². The molecular formula is C16H15NO4S. The summed E-state index contributed by atoms with van der Waals surface area (Å²) in [6, 6.07) is 16.8. The van der Waals surface area contributed by atoms with Crippen molar-refractivity contribution in [2.75, 3.05) is 19.5 Å². The van der Waals surface area contributed by atoms with Crippen molar-refractivity contribution in [3.05, 3.63) is 54.1 Å². The minimum atomic E-state index is -3.43. The van der Waals surface area contributed by atoms with E-state index < -0.39 is 10.1 Å². The topological polar surface area (TPSA) is 76.4 Å². The van der Waals surface area contributed by atoms with Crippen LogP contribution in [0.25, 0.3) is 11.1 Å². The van der Waals surface area contributed by atoms with E-state index in [1.807, 2.05) is 24.3 Å². The zero-order valence-electron chi connectivity index (χ0n) is 12.0. The standard InChI is InChI=1S/C16H15NO4S/c1-22(18,19)21-11-10-20-16-8-6-15(7-9-16)14-4-2-13(12-17)3-5-14/h2-9H,10-11H2,1H3. The van der Waals surface area contributed by atoms with Gasteiger partial charge in [-0.1, -0.05) is 24.3 Å². The molecule has 0 saturated heterocycles. The number of nitrogens with zero attached hydrogens (tertiary/aromatic N) is 1. The predicted molar refractivity (Wildman–Crippen MR) is 82.9 cm³/mol. The fourth-order valence-electron chi connectivity index (χ4n) is 1.83. The van der Waals surface area contributed by atoms with Crippen molar-refractivity contribution in [3.8, 4) is 22.9 Å². The van der Waals surface area contributed by atoms with Gasteiger partial charge in [0.1, 0.15) is 19.0 Å². The molecule has 0 saturated carbocycles. The maximum atomic E-state index is 10.8. The molecule has 0 amide bonds. The van der Waals surface area contributed by atoms with Gasteiger partial charge in [-0.25, -0.2) is 0 Å². The lowest BCUT2D eigenvalue weighted by Gasteiger charge is -2.07. The molecular weight excluding hydrogens is 302 g/mol. The van der Waals surface area contributed by atoms with Crippen LogP contribution in [0.2, 0.25) is 0 Å². The fourth-order valence-corrected chi connectivity index (χ4v) is 2.20. The van der Waals surface area contributed by atoms with Crippen LogP contribution in [-0.2, 0) is 14.3 Å². The Morgan fingerprint density at radius 1 is 0.955 bits per heavy atom. The molecule has 0 aliphatic carbocycles. The highest BCUT2D eigenvalue weighted by Crippen LogP contribution is 2.22. The van der Waals surface area contributed by atoms with Crippen LogP contribution in [-0.4, -0.2) is 27.9 Å². The maximum absolute atomic E-state index is 10.8. The third-order valence-corrected chi connectivity index (χ3v) is 3.45. The molecule has 22 heavy (non-hydrogen) atoms. The molecule has 0 atom stereocenters. The summed E-state index contributed by atoms with van der Waals surface area (Å²) in [4.78, 5) is 0. The van der Waals surface area contributed by atoms with Crippen LogP contribution in [0.4, 0.5) is 0 Å². The van der Waals surface area contributed by atoms with Crippen molar-refractivity contribution in [2.45, 2.75) is 0 Å². The summed E-state index contributed by atoms with van der Waals surface area (Å²) in [5, 5.41) is 8.77. The first-order chi connectivity index (χ1) is 10.5. The third-order valence-electron chi connectivity index (χ3n) is 2.85. The van der Waals surface area contributed by atoms with Crippen LogP contribution in [0.5, 0.6) is 5.75 Å². The molecule has 0 fully saturated rings. The van der Waals surface area contributed by atoms with E-state index in [0.717, 1.165) is 17.4 Å². The largest absolute Gasteiger partial charge is 0.491 e. The van der Waals surface area contributed by atoms with E-state index in [2.05, 4.69) is 10.3 Å². The van der Waals surface area contributed by atoms with Gasteiger partial charge in [0.25, 0.3) is 10.1 Å². The first-order valence-corrected chi connectivity index (χ1v) is 8.37. The number of hydrogen-bond donors (Lipinski definition) is 0. The van der Waals surface area contributed by atoms with Gasteiger partial charge in [-0.2, -0.15) is 13.7 Å². The molecule has 0 heterocycles. The van der Waals surface area contributed by atoms with Gasteiger partial charge in [0.15, 0.2) is 0 Å². The quantitative estimate of drug-likeness (QED) is 0.604. The van der Waals surface area contributed by atoms with Crippen molar-refractivity contribution in [3.63, 3.8) is 0 Å². The van der Waals surface area contributed by atoms with Gasteiger partial charge in [-0.05, 0) is 35.4 Å². The summed E-state index contributed by atoms with van der Waals surface area (Å²) in [6.07, 6.45) is 0.999. The monoisotopic (exact) mass is 317 g/mol. The second-order valence-corrected chi connectivity index (χ2v) is 6.23. The molecule has 0 radical (unpaired) electrons. The lowest BCUT2D eigenvalue weighted by Crippen LogP contribution is -2.11. The zero-order chi connectivity index (χ0) is 16.0. The molecule has 2 aromatic carbocycles. The van der Waals surface area contributed by atoms with Gasteiger partial charge in [-0.3, -0.25) is 4.18 Å². The van der Waals surface area contributed by atoms with Gasteiger partial charge in [0.05, 0.1) is 17.9 Å². The van der Waals surface area contributed by atoms with Crippen LogP contribution in [0.3, 0.4) is 0 Å². The molecule has 0 aliphatic rings. The minimum absolute atomic E-state index is 0.0177. The van der Waals surface area contributed by atoms with Crippen LogP contribution in [0.15, 0.2) is 48.5 Å². The van der Waals surface area contributed by atoms with E-state index in [-0.39, 0.29) is 13.2 Å². The molecule has 2 aromatic rings. The molecule has 0 N–H and O–H groups in total. The van der Waals surface area contributed by atoms with Gasteiger partial charge >= 0.3 is 0 Å². The molecule has 0 bridgehead atoms. The summed E-state index contributed by atoms with van der Waals surface area (Å²) in [5.74, 6) is 0.634. The van der Waals surface area contributed by atoms with Crippen molar-refractivity contribution in [1.82, 2.24) is 0 Å². The molecule has 0 aromatic heterocycles. The Balaban J connectivity index is 1.94. The van der Waals surface area contributed by atoms with E-state index in [1.54, 1.807) is 24.3 Å². The lowest BCUT2D eigenvalue weighted by molar-refractivity contribution is 0.222. The second kappa shape index (κ2) is 7.07. The zero-order valence-corrected chi connectivity index (χ0v) is 12.8. The third kappa shape index (κ3) is 4.88. The average molecular weight is 317 g/mol. The van der Waals surface area contributed by atoms with Crippen molar-refractivity contribution in [1.29, 1.82) is 5.26 Å². The summed E-state index contributed by atoms with van der Waals surface area (Å²) < 4.78 is 31.6. The van der Waals surface area contributed by atoms with Crippen molar-refractivity contribution < 1.29 is 17.3 Å². The Hall–Kier alpha value is -2.36. The van der Waals surface area contributed by atoms with Gasteiger partial charge in [-0.15, -0.1) is 0 Å². The second-order valence-electron chi connectivity index (χ2n) is 4.59. The van der Waals surface area contributed by atoms with E-state index in [4.69, 9.17) is 10.00 Å². The number of nitriles is 1. The maximum Gasteiger partial charge on any atom is 0.264 e. The average Bonchev–Trinajstić information content (AvgIpc) is 2.51. The SMILES string of the molecule is CS(=O)(=O)OCCOc1ccc(-c2ccc(C#N)cc2)cc1. The Bertz CT molecular complexity index is 759. The molecule has 0 spiro atoms. The highest BCUT2D eigenvalue weighted by Gasteiger charge is 2.02. The molecule has 6 heteroatoms. The predicted octanol–water partition coefficient (Wildman–Crippen LogP) is 2.58. The first-order valence-electron chi connectivity index (χ1n) is 6.56. The van der Waals surface area contributed by atoms with Gasteiger partial charge in [0.2, 0.25) is 0 Å². The highest BCUT2D eigenvalue weighted by molar-refractivity contribution is 7.85. The molecule has 0 aliphatic heterocycles. The Morgan fingerprint density at radius 2 is 1.50 bits per heavy atom. The van der Waals surface area contributed by atoms with E-state index in [9.17, 15) is 8.42 Å². The fraction of sp³-hybridized carbons (Fsp3) is 0.188. The van der Waals surface area contributed by atoms with Crippen molar-refractivity contribution in [2.24, 2.45) is 0 Å². The first kappa shape index (κ1) is 16.0. The molecule has 0 unspecified atom stereocenters. The van der Waals surface area contributed by atoms with Crippen LogP contribution in [0.1, 0.15) is 5.56 Å². The van der Waals surface area contributed by atoms with Gasteiger partial charge in [0, 0.05) is 0 Å². The van der Waals surface area contributed by atoms with Crippen LogP contribution >= 0.6 is 0 Å². The van der Waals surface area contributed by atoms with Crippen LogP contribution < -0.4 is 4.74 Å². The summed E-state index contributed by atoms with van der Waals surface area (Å²) >= 11 is 0. The van der Waals surface area contributed by atoms with Crippen LogP contribution in [0, 0.1) is 11.3 Å². The lowest BCUT2D eigenvalue weighted by atomic mass is 10.0. The van der Waals surface area contributed by atoms with E-state index in [0.29, 0.717) is 11.3 Å². The highest BCUT2D eigenvalue weighted by atomic mass is 32.2. The van der Waals surface area contributed by atoms with E-state index >= 15 is 0 Å². The molecule has 5 nitrogen and oxygen atoms in total. The number of rotatable bonds is 6. The Kier molecular flexibility index (Phi) is 5.15. The smallest absolute Gasteiger partial charge is 0.264 e. The number of hydrogen-bond acceptors (Lipinski definition) is 5. The summed E-state index contributed by atoms with van der Waals surface area (Å²) in [6.45, 7) is 0.138. The Morgan fingerprint density at radius 3 is 2.00 bits per heavy atom. The summed E-state index contributed by atoms with van der Waals surface area (Å²) in [5.41, 5.74) is 2.63.